The molecule has 3 saturated heterocycles. The molecule has 6 heterocycles. The molecule has 11 heteroatoms. The third-order valence-electron chi connectivity index (χ3n) is 7.66. The molecule has 2 unspecified atom stereocenters. The van der Waals surface area contributed by atoms with Crippen molar-refractivity contribution in [2.24, 2.45) is 0 Å². The quantitative estimate of drug-likeness (QED) is 0.555. The highest BCUT2D eigenvalue weighted by atomic mass is 32.2. The normalized spacial score (nSPS) is 23.9. The number of pyridine rings is 1. The zero-order chi connectivity index (χ0) is 24.2. The van der Waals surface area contributed by atoms with E-state index in [9.17, 15) is 8.42 Å². The lowest BCUT2D eigenvalue weighted by molar-refractivity contribution is 0.183. The number of piperidine rings is 1. The average molecular weight is 514 g/mol. The van der Waals surface area contributed by atoms with Gasteiger partial charge in [-0.1, -0.05) is 0 Å². The zero-order valence-electron chi connectivity index (χ0n) is 19.9. The van der Waals surface area contributed by atoms with Crippen LogP contribution in [0.4, 0.5) is 11.8 Å². The first-order chi connectivity index (χ1) is 16.9. The van der Waals surface area contributed by atoms with Gasteiger partial charge in [-0.25, -0.2) is 23.4 Å². The van der Waals surface area contributed by atoms with Crippen molar-refractivity contribution in [3.63, 3.8) is 0 Å². The Morgan fingerprint density at radius 1 is 1.06 bits per heavy atom. The molecule has 0 aromatic carbocycles. The summed E-state index contributed by atoms with van der Waals surface area (Å²) in [6, 6.07) is 4.86. The Labute approximate surface area is 210 Å². The Morgan fingerprint density at radius 3 is 2.46 bits per heavy atom. The Morgan fingerprint density at radius 2 is 1.80 bits per heavy atom. The van der Waals surface area contributed by atoms with Crippen molar-refractivity contribution in [3.05, 3.63) is 29.3 Å². The van der Waals surface area contributed by atoms with E-state index in [0.29, 0.717) is 44.1 Å². The largest absolute Gasteiger partial charge is 0.384 e. The fraction of sp³-hybridized carbons (Fsp3) is 0.542. The van der Waals surface area contributed by atoms with Crippen molar-refractivity contribution >= 4 is 43.3 Å². The number of nitrogens with two attached hydrogens (primary N) is 1. The summed E-state index contributed by atoms with van der Waals surface area (Å²) in [6.45, 7) is 3.24. The SMILES string of the molecule is CS(=O)(=O)N1CCN(Cc2csc3c(-c4ccc(N)nc4)nc(N4C5CCCC4CC5)nc23)CC1. The number of sulfonamides is 1. The van der Waals surface area contributed by atoms with Crippen molar-refractivity contribution in [3.8, 4) is 11.3 Å². The van der Waals surface area contributed by atoms with Crippen molar-refractivity contribution in [1.29, 1.82) is 0 Å². The fourth-order valence-electron chi connectivity index (χ4n) is 5.83. The van der Waals surface area contributed by atoms with Gasteiger partial charge >= 0.3 is 0 Å². The summed E-state index contributed by atoms with van der Waals surface area (Å²) in [5.41, 5.74) is 9.90. The van der Waals surface area contributed by atoms with Crippen LogP contribution in [0.5, 0.6) is 0 Å². The Kier molecular flexibility index (Phi) is 5.90. The molecule has 2 N–H and O–H groups in total. The standard InChI is InChI=1S/C24H31N7O2S2/c1-35(32,33)30-11-9-29(10-12-30)14-17-15-34-23-21(16-5-8-20(25)26-13-16)27-24(28-22(17)23)31-18-3-2-4-19(31)7-6-18/h5,8,13,15,18-19H,2-4,6-7,9-12,14H2,1H3,(H2,25,26). The van der Waals surface area contributed by atoms with Crippen LogP contribution in [0.15, 0.2) is 23.7 Å². The molecular weight excluding hydrogens is 482 g/mol. The van der Waals surface area contributed by atoms with Gasteiger partial charge in [0.05, 0.1) is 22.2 Å². The van der Waals surface area contributed by atoms with E-state index in [2.05, 4.69) is 20.2 Å². The molecule has 3 aromatic rings. The van der Waals surface area contributed by atoms with Crippen LogP contribution in [0.3, 0.4) is 0 Å². The number of nitrogen functional groups attached to an aromatic ring is 1. The summed E-state index contributed by atoms with van der Waals surface area (Å²) in [5.74, 6) is 1.33. The molecule has 0 amide bonds. The third-order valence-corrected chi connectivity index (χ3v) is 9.98. The van der Waals surface area contributed by atoms with Crippen LogP contribution in [-0.2, 0) is 16.6 Å². The number of hydrogen-bond donors (Lipinski definition) is 1. The van der Waals surface area contributed by atoms with Crippen LogP contribution >= 0.6 is 11.3 Å². The molecule has 2 bridgehead atoms. The highest BCUT2D eigenvalue weighted by Crippen LogP contribution is 2.41. The van der Waals surface area contributed by atoms with E-state index < -0.39 is 10.0 Å². The second kappa shape index (κ2) is 8.95. The highest BCUT2D eigenvalue weighted by molar-refractivity contribution is 7.88. The first kappa shape index (κ1) is 23.1. The third kappa shape index (κ3) is 4.39. The first-order valence-electron chi connectivity index (χ1n) is 12.3. The molecule has 0 radical (unpaired) electrons. The summed E-state index contributed by atoms with van der Waals surface area (Å²) >= 11 is 1.67. The van der Waals surface area contributed by atoms with Gasteiger partial charge in [0, 0.05) is 62.1 Å². The summed E-state index contributed by atoms with van der Waals surface area (Å²) in [6.07, 6.45) is 9.21. The van der Waals surface area contributed by atoms with Gasteiger partial charge in [0.1, 0.15) is 5.82 Å². The predicted molar refractivity (Wildman–Crippen MR) is 140 cm³/mol. The molecule has 2 atom stereocenters. The number of piperazine rings is 1. The second-order valence-electron chi connectivity index (χ2n) is 9.94. The number of fused-ring (bicyclic) bond motifs is 3. The van der Waals surface area contributed by atoms with Gasteiger partial charge in [-0.2, -0.15) is 4.31 Å². The summed E-state index contributed by atoms with van der Waals surface area (Å²) < 4.78 is 26.4. The minimum atomic E-state index is -3.14. The van der Waals surface area contributed by atoms with E-state index in [0.717, 1.165) is 34.0 Å². The zero-order valence-corrected chi connectivity index (χ0v) is 21.6. The number of nitrogens with zero attached hydrogens (tertiary/aromatic N) is 6. The molecule has 35 heavy (non-hydrogen) atoms. The minimum absolute atomic E-state index is 0.494. The second-order valence-corrected chi connectivity index (χ2v) is 12.8. The summed E-state index contributed by atoms with van der Waals surface area (Å²) in [7, 11) is -3.14. The van der Waals surface area contributed by atoms with Crippen LogP contribution in [0.2, 0.25) is 0 Å². The van der Waals surface area contributed by atoms with E-state index in [1.165, 1.54) is 43.9 Å². The summed E-state index contributed by atoms with van der Waals surface area (Å²) in [5, 5.41) is 2.19. The number of thiophene rings is 1. The van der Waals surface area contributed by atoms with E-state index in [4.69, 9.17) is 15.7 Å². The van der Waals surface area contributed by atoms with Gasteiger partial charge < -0.3 is 10.6 Å². The highest BCUT2D eigenvalue weighted by Gasteiger charge is 2.38. The smallest absolute Gasteiger partial charge is 0.227 e. The Hall–Kier alpha value is -2.34. The molecule has 3 aliphatic heterocycles. The molecule has 6 rings (SSSR count). The van der Waals surface area contributed by atoms with E-state index in [1.807, 2.05) is 12.1 Å². The molecule has 0 spiro atoms. The molecule has 0 saturated carbocycles. The van der Waals surface area contributed by atoms with Gasteiger partial charge in [0.25, 0.3) is 0 Å². The topological polar surface area (TPSA) is 109 Å². The van der Waals surface area contributed by atoms with Crippen molar-refractivity contribution in [2.45, 2.75) is 50.7 Å². The molecule has 9 nitrogen and oxygen atoms in total. The number of rotatable bonds is 5. The Balaban J connectivity index is 1.37. The molecule has 3 fully saturated rings. The molecule has 3 aliphatic rings. The molecule has 3 aromatic heterocycles. The molecule has 186 valence electrons. The average Bonchev–Trinajstić information content (AvgIpc) is 3.35. The number of hydrogen-bond acceptors (Lipinski definition) is 9. The fourth-order valence-corrected chi connectivity index (χ4v) is 7.66. The van der Waals surface area contributed by atoms with Gasteiger partial charge in [-0.15, -0.1) is 11.3 Å². The van der Waals surface area contributed by atoms with Gasteiger partial charge in [-0.3, -0.25) is 4.90 Å². The van der Waals surface area contributed by atoms with Gasteiger partial charge in [-0.05, 0) is 49.6 Å². The maximum atomic E-state index is 11.9. The van der Waals surface area contributed by atoms with Crippen molar-refractivity contribution in [2.75, 3.05) is 43.1 Å². The van der Waals surface area contributed by atoms with Crippen LogP contribution in [0, 0.1) is 0 Å². The van der Waals surface area contributed by atoms with Crippen LogP contribution in [-0.4, -0.2) is 77.1 Å². The van der Waals surface area contributed by atoms with E-state index in [1.54, 1.807) is 21.8 Å². The summed E-state index contributed by atoms with van der Waals surface area (Å²) in [4.78, 5) is 19.4. The van der Waals surface area contributed by atoms with Crippen LogP contribution in [0.25, 0.3) is 21.5 Å². The molecular formula is C24H31N7O2S2. The number of anilines is 2. The predicted octanol–water partition coefficient (Wildman–Crippen LogP) is 2.93. The Bertz CT molecular complexity index is 1320. The maximum Gasteiger partial charge on any atom is 0.227 e. The lowest BCUT2D eigenvalue weighted by Gasteiger charge is -2.35. The van der Waals surface area contributed by atoms with E-state index in [-0.39, 0.29) is 0 Å². The van der Waals surface area contributed by atoms with Gasteiger partial charge in [0.15, 0.2) is 0 Å². The minimum Gasteiger partial charge on any atom is -0.384 e. The van der Waals surface area contributed by atoms with Crippen molar-refractivity contribution < 1.29 is 8.42 Å². The maximum absolute atomic E-state index is 11.9. The number of aromatic nitrogens is 3. The monoisotopic (exact) mass is 513 g/mol. The molecule has 0 aliphatic carbocycles. The lowest BCUT2D eigenvalue weighted by atomic mass is 10.0. The van der Waals surface area contributed by atoms with E-state index >= 15 is 0 Å². The lowest BCUT2D eigenvalue weighted by Crippen LogP contribution is -2.47. The van der Waals surface area contributed by atoms with Crippen LogP contribution in [0.1, 0.15) is 37.7 Å². The first-order valence-corrected chi connectivity index (χ1v) is 15.1. The van der Waals surface area contributed by atoms with Crippen LogP contribution < -0.4 is 10.6 Å². The van der Waals surface area contributed by atoms with Gasteiger partial charge in [0.2, 0.25) is 16.0 Å². The van der Waals surface area contributed by atoms with Crippen molar-refractivity contribution in [1.82, 2.24) is 24.2 Å².